The molecule has 0 aliphatic heterocycles. The van der Waals surface area contributed by atoms with Gasteiger partial charge in [0.1, 0.15) is 18.1 Å². The smallest absolute Gasteiger partial charge is 0.308 e. The molecule has 0 saturated carbocycles. The molecule has 0 aliphatic carbocycles. The third kappa shape index (κ3) is 22.2. The molecule has 0 atom stereocenters. The topological polar surface area (TPSA) is 152 Å². The van der Waals surface area contributed by atoms with Gasteiger partial charge in [0.05, 0.1) is 19.8 Å². The Balaban J connectivity index is 0.000000364. The van der Waals surface area contributed by atoms with E-state index in [-0.39, 0.29) is 41.2 Å². The van der Waals surface area contributed by atoms with Crippen molar-refractivity contribution in [2.75, 3.05) is 14.2 Å². The fourth-order valence-corrected chi connectivity index (χ4v) is 6.08. The lowest BCUT2D eigenvalue weighted by Crippen LogP contribution is -2.06. The number of esters is 2. The van der Waals surface area contributed by atoms with E-state index in [0.29, 0.717) is 48.7 Å². The Bertz CT molecular complexity index is 2140. The minimum absolute atomic E-state index is 0.124. The average molecular weight is 900 g/mol. The Morgan fingerprint density at radius 3 is 1.62 bits per heavy atom. The van der Waals surface area contributed by atoms with Gasteiger partial charge in [0.15, 0.2) is 34.6 Å². The summed E-state index contributed by atoms with van der Waals surface area (Å²) < 4.78 is 26.4. The molecule has 12 heteroatoms. The summed E-state index contributed by atoms with van der Waals surface area (Å²) in [6.07, 6.45) is 18.6. The van der Waals surface area contributed by atoms with E-state index in [9.17, 15) is 29.1 Å². The summed E-state index contributed by atoms with van der Waals surface area (Å²) in [5, 5.41) is 8.85. The van der Waals surface area contributed by atoms with Crippen LogP contribution >= 0.6 is 11.6 Å². The molecule has 0 amide bonds. The van der Waals surface area contributed by atoms with Crippen LogP contribution in [0.15, 0.2) is 109 Å². The van der Waals surface area contributed by atoms with Gasteiger partial charge in [-0.05, 0) is 116 Å². The maximum absolute atomic E-state index is 12.1. The predicted molar refractivity (Wildman–Crippen MR) is 251 cm³/mol. The van der Waals surface area contributed by atoms with Crippen molar-refractivity contribution < 1.29 is 52.8 Å². The van der Waals surface area contributed by atoms with E-state index in [2.05, 4.69) is 13.8 Å². The van der Waals surface area contributed by atoms with Crippen LogP contribution in [-0.4, -0.2) is 48.1 Å². The maximum atomic E-state index is 12.1. The van der Waals surface area contributed by atoms with Crippen LogP contribution in [0.25, 0.3) is 0 Å². The molecule has 0 aromatic heterocycles. The van der Waals surface area contributed by atoms with E-state index in [1.54, 1.807) is 55.7 Å². The van der Waals surface area contributed by atoms with Crippen molar-refractivity contribution in [1.29, 1.82) is 0 Å². The van der Waals surface area contributed by atoms with Gasteiger partial charge >= 0.3 is 11.9 Å². The fraction of sp³-hybridized carbons (Fsp3) is 0.365. The molecule has 0 unspecified atom stereocenters. The summed E-state index contributed by atoms with van der Waals surface area (Å²) >= 11 is 5.26. The third-order valence-corrected chi connectivity index (χ3v) is 9.51. The Kier molecular flexibility index (Phi) is 26.6. The van der Waals surface area contributed by atoms with E-state index in [1.165, 1.54) is 58.8 Å². The van der Waals surface area contributed by atoms with Gasteiger partial charge in [-0.25, -0.2) is 0 Å². The number of halogens is 1. The highest BCUT2D eigenvalue weighted by Crippen LogP contribution is 2.31. The highest BCUT2D eigenvalue weighted by atomic mass is 35.5. The first-order valence-corrected chi connectivity index (χ1v) is 22.0. The van der Waals surface area contributed by atoms with E-state index in [4.69, 9.17) is 35.3 Å². The van der Waals surface area contributed by atoms with Crippen molar-refractivity contribution in [2.24, 2.45) is 0 Å². The molecule has 0 aliphatic rings. The van der Waals surface area contributed by atoms with Crippen LogP contribution in [0.2, 0.25) is 0 Å². The number of hydrogen-bond acceptors (Lipinski definition) is 11. The summed E-state index contributed by atoms with van der Waals surface area (Å²) in [6, 6.07) is 24.4. The van der Waals surface area contributed by atoms with Crippen LogP contribution in [-0.2, 0) is 38.6 Å². The molecule has 0 bridgehead atoms. The molecule has 0 fully saturated rings. The second-order valence-electron chi connectivity index (χ2n) is 14.6. The SMILES string of the molecule is CC(=O)Oc1ccccc1C(=O)Cl.CCCCC/C=C/C(=O)CCc1ccc(O)c(OC)c1.CCCCC/C=C/C(=O)CCc1ccc(OCc2ccccc2OC(C)=O)c(OC)c1. The van der Waals surface area contributed by atoms with E-state index in [0.717, 1.165) is 42.4 Å². The molecule has 4 aromatic carbocycles. The molecule has 0 heterocycles. The van der Waals surface area contributed by atoms with Gasteiger partial charge < -0.3 is 28.8 Å². The first kappa shape index (κ1) is 53.9. The number of ether oxygens (including phenoxy) is 5. The molecular weight excluding hydrogens is 836 g/mol. The van der Waals surface area contributed by atoms with Gasteiger partial charge in [-0.3, -0.25) is 24.0 Å². The van der Waals surface area contributed by atoms with E-state index < -0.39 is 11.2 Å². The monoisotopic (exact) mass is 898 g/mol. The number of ketones is 2. The highest BCUT2D eigenvalue weighted by Gasteiger charge is 2.12. The standard InChI is InChI=1S/C26H32O5.C17H24O3.C9H7ClO3/c1-4-5-6-7-8-12-23(28)16-14-21-15-17-25(26(18-21)29-3)30-19-22-11-9-10-13-24(22)31-20(2)27;1-3-4-5-6-7-8-15(18)11-9-14-10-12-16(19)17(13-14)20-2;1-6(11)13-8-5-3-2-4-7(8)9(10)12/h8-13,15,17-18H,4-7,14,16,19H2,1-3H3;7-8,10,12-13,19H,3-6,9,11H2,1-2H3;2-5H,1H3/b12-8+;8-7+;. The molecule has 64 heavy (non-hydrogen) atoms. The quantitative estimate of drug-likeness (QED) is 0.0235. The van der Waals surface area contributed by atoms with Gasteiger partial charge in [0.2, 0.25) is 0 Å². The second kappa shape index (κ2) is 31.6. The van der Waals surface area contributed by atoms with Crippen molar-refractivity contribution >= 4 is 40.3 Å². The molecule has 0 spiro atoms. The summed E-state index contributed by atoms with van der Waals surface area (Å²) in [7, 11) is 3.10. The predicted octanol–water partition coefficient (Wildman–Crippen LogP) is 11.9. The number of para-hydroxylation sites is 2. The average Bonchev–Trinajstić information content (AvgIpc) is 3.28. The lowest BCUT2D eigenvalue weighted by Gasteiger charge is -2.14. The summed E-state index contributed by atoms with van der Waals surface area (Å²) in [6.45, 7) is 7.20. The molecular formula is C52H63ClO11. The molecule has 1 N–H and O–H groups in total. The van der Waals surface area contributed by atoms with Crippen molar-refractivity contribution in [3.63, 3.8) is 0 Å². The number of unbranched alkanes of at least 4 members (excludes halogenated alkanes) is 6. The lowest BCUT2D eigenvalue weighted by molar-refractivity contribution is -0.132. The number of allylic oxidation sites excluding steroid dienone is 4. The van der Waals surface area contributed by atoms with Crippen LogP contribution in [0.1, 0.15) is 119 Å². The minimum Gasteiger partial charge on any atom is -0.504 e. The molecule has 11 nitrogen and oxygen atoms in total. The van der Waals surface area contributed by atoms with Gasteiger partial charge in [-0.1, -0.05) is 94.1 Å². The number of hydrogen-bond donors (Lipinski definition) is 1. The molecule has 4 aromatic rings. The van der Waals surface area contributed by atoms with Crippen LogP contribution < -0.4 is 23.7 Å². The zero-order valence-electron chi connectivity index (χ0n) is 38.0. The zero-order valence-corrected chi connectivity index (χ0v) is 38.7. The first-order chi connectivity index (χ1) is 30.8. The Labute approximate surface area is 383 Å². The number of rotatable bonds is 24. The largest absolute Gasteiger partial charge is 0.504 e. The van der Waals surface area contributed by atoms with Gasteiger partial charge in [-0.2, -0.15) is 0 Å². The number of phenolic OH excluding ortho intramolecular Hbond substituents is 1. The van der Waals surface area contributed by atoms with Gasteiger partial charge in [0, 0.05) is 32.3 Å². The molecule has 4 rings (SSSR count). The van der Waals surface area contributed by atoms with E-state index >= 15 is 0 Å². The summed E-state index contributed by atoms with van der Waals surface area (Å²) in [5.74, 6) is 1.86. The molecule has 0 radical (unpaired) electrons. The summed E-state index contributed by atoms with van der Waals surface area (Å²) in [4.78, 5) is 56.5. The minimum atomic E-state index is -0.642. The number of carbonyl (C=O) groups is 5. The normalized spacial score (nSPS) is 10.5. The van der Waals surface area contributed by atoms with Crippen molar-refractivity contribution in [3.05, 3.63) is 131 Å². The first-order valence-electron chi connectivity index (χ1n) is 21.6. The van der Waals surface area contributed by atoms with E-state index in [1.807, 2.05) is 48.6 Å². The lowest BCUT2D eigenvalue weighted by atomic mass is 10.1. The number of benzene rings is 4. The van der Waals surface area contributed by atoms with Crippen molar-refractivity contribution in [2.45, 2.75) is 111 Å². The van der Waals surface area contributed by atoms with Crippen molar-refractivity contribution in [1.82, 2.24) is 0 Å². The number of methoxy groups -OCH3 is 2. The van der Waals surface area contributed by atoms with Crippen LogP contribution in [0.4, 0.5) is 0 Å². The number of phenols is 1. The van der Waals surface area contributed by atoms with Gasteiger partial charge in [-0.15, -0.1) is 0 Å². The Morgan fingerprint density at radius 1 is 0.594 bits per heavy atom. The second-order valence-corrected chi connectivity index (χ2v) is 14.9. The maximum Gasteiger partial charge on any atom is 0.308 e. The number of carbonyl (C=O) groups excluding carboxylic acids is 5. The van der Waals surface area contributed by atoms with Crippen LogP contribution in [0.5, 0.6) is 34.5 Å². The van der Waals surface area contributed by atoms with Gasteiger partial charge in [0.25, 0.3) is 5.24 Å². The third-order valence-electron chi connectivity index (χ3n) is 9.31. The Morgan fingerprint density at radius 2 is 1.09 bits per heavy atom. The fourth-order valence-electron chi connectivity index (χ4n) is 5.93. The van der Waals surface area contributed by atoms with Crippen LogP contribution in [0.3, 0.4) is 0 Å². The van der Waals surface area contributed by atoms with Crippen LogP contribution in [0, 0.1) is 0 Å². The molecule has 0 saturated heterocycles. The van der Waals surface area contributed by atoms with Crippen molar-refractivity contribution in [3.8, 4) is 34.5 Å². The highest BCUT2D eigenvalue weighted by molar-refractivity contribution is 6.68. The molecule has 344 valence electrons. The summed E-state index contributed by atoms with van der Waals surface area (Å²) in [5.41, 5.74) is 2.96. The number of aromatic hydroxyl groups is 1. The zero-order chi connectivity index (χ0) is 47.1. The number of aryl methyl sites for hydroxylation is 2. The Hall–Kier alpha value is -6.20.